The molecule has 0 amide bonds. The predicted molar refractivity (Wildman–Crippen MR) is 94.2 cm³/mol. The molecule has 1 aromatic heterocycles. The smallest absolute Gasteiger partial charge is 0.353 e. The molecule has 1 saturated carbocycles. The Morgan fingerprint density at radius 1 is 1.46 bits per heavy atom. The Morgan fingerprint density at radius 3 is 2.88 bits per heavy atom. The van der Waals surface area contributed by atoms with E-state index in [0.717, 1.165) is 25.8 Å². The second-order valence-corrected chi connectivity index (χ2v) is 8.16. The second-order valence-electron chi connectivity index (χ2n) is 8.16. The van der Waals surface area contributed by atoms with Gasteiger partial charge in [0.1, 0.15) is 6.33 Å². The van der Waals surface area contributed by atoms with E-state index in [1.165, 1.54) is 6.33 Å². The highest BCUT2D eigenvalue weighted by atomic mass is 16.6. The number of nitro groups is 1. The van der Waals surface area contributed by atoms with Crippen LogP contribution in [-0.2, 0) is 0 Å². The lowest BCUT2D eigenvalue weighted by molar-refractivity contribution is -0.383. The Kier molecular flexibility index (Phi) is 3.97. The van der Waals surface area contributed by atoms with Crippen LogP contribution in [0.1, 0.15) is 40.0 Å². The van der Waals surface area contributed by atoms with Crippen molar-refractivity contribution in [1.29, 1.82) is 0 Å². The van der Waals surface area contributed by atoms with E-state index in [1.54, 1.807) is 6.08 Å². The molecule has 2 atom stereocenters. The molecule has 1 aromatic rings. The van der Waals surface area contributed by atoms with E-state index < -0.39 is 0 Å². The van der Waals surface area contributed by atoms with Crippen molar-refractivity contribution in [2.24, 2.45) is 10.8 Å². The quantitative estimate of drug-likeness (QED) is 0.506. The third-order valence-corrected chi connectivity index (χ3v) is 5.09. The first-order valence-corrected chi connectivity index (χ1v) is 8.35. The molecule has 0 aromatic carbocycles. The molecule has 2 unspecified atom stereocenters. The molecule has 1 saturated heterocycles. The Balaban J connectivity index is 2.01. The maximum atomic E-state index is 11.7. The van der Waals surface area contributed by atoms with E-state index in [-0.39, 0.29) is 27.3 Å². The Labute approximate surface area is 142 Å². The van der Waals surface area contributed by atoms with Gasteiger partial charge in [-0.1, -0.05) is 26.8 Å². The van der Waals surface area contributed by atoms with Gasteiger partial charge in [-0.25, -0.2) is 9.97 Å². The lowest BCUT2D eigenvalue weighted by atomic mass is 9.65. The fraction of sp³-hybridized carbons (Fsp3) is 0.647. The van der Waals surface area contributed by atoms with Gasteiger partial charge in [0, 0.05) is 19.1 Å². The zero-order valence-corrected chi connectivity index (χ0v) is 14.6. The third-order valence-electron chi connectivity index (χ3n) is 5.09. The first-order chi connectivity index (χ1) is 11.2. The van der Waals surface area contributed by atoms with Crippen LogP contribution in [-0.4, -0.2) is 34.0 Å². The molecule has 1 aliphatic carbocycles. The SMILES string of the molecule is C=CCNc1ncnc(N2CC3(C)CC2CC(C)(C)C3)c1[N+](=O)[O-]. The molecule has 7 heteroatoms. The largest absolute Gasteiger partial charge is 0.361 e. The van der Waals surface area contributed by atoms with Crippen molar-refractivity contribution in [2.75, 3.05) is 23.3 Å². The van der Waals surface area contributed by atoms with Gasteiger partial charge in [0.15, 0.2) is 0 Å². The molecule has 3 rings (SSSR count). The summed E-state index contributed by atoms with van der Waals surface area (Å²) in [7, 11) is 0. The molecule has 2 bridgehead atoms. The fourth-order valence-corrected chi connectivity index (χ4v) is 4.75. The molecule has 0 spiro atoms. The molecule has 7 nitrogen and oxygen atoms in total. The van der Waals surface area contributed by atoms with E-state index in [0.29, 0.717) is 18.4 Å². The summed E-state index contributed by atoms with van der Waals surface area (Å²) in [4.78, 5) is 21.8. The summed E-state index contributed by atoms with van der Waals surface area (Å²) in [5, 5.41) is 14.7. The summed E-state index contributed by atoms with van der Waals surface area (Å²) in [5.41, 5.74) is 0.395. The van der Waals surface area contributed by atoms with E-state index in [9.17, 15) is 10.1 Å². The lowest BCUT2D eigenvalue weighted by Gasteiger charge is -2.39. The van der Waals surface area contributed by atoms with E-state index in [2.05, 4.69) is 47.5 Å². The van der Waals surface area contributed by atoms with E-state index in [4.69, 9.17) is 0 Å². The van der Waals surface area contributed by atoms with Gasteiger partial charge in [-0.3, -0.25) is 10.1 Å². The number of nitrogens with one attached hydrogen (secondary N) is 1. The van der Waals surface area contributed by atoms with Crippen LogP contribution in [0.2, 0.25) is 0 Å². The summed E-state index contributed by atoms with van der Waals surface area (Å²) in [6, 6.07) is 0.291. The van der Waals surface area contributed by atoms with Gasteiger partial charge in [-0.2, -0.15) is 0 Å². The van der Waals surface area contributed by atoms with E-state index >= 15 is 0 Å². The summed E-state index contributed by atoms with van der Waals surface area (Å²) in [6.07, 6.45) is 6.28. The van der Waals surface area contributed by atoms with Crippen LogP contribution in [0.5, 0.6) is 0 Å². The van der Waals surface area contributed by atoms with Gasteiger partial charge in [0.2, 0.25) is 11.6 Å². The minimum absolute atomic E-state index is 0.0340. The van der Waals surface area contributed by atoms with Crippen LogP contribution in [0.3, 0.4) is 0 Å². The third kappa shape index (κ3) is 2.95. The second kappa shape index (κ2) is 5.72. The number of nitrogens with zero attached hydrogens (tertiary/aromatic N) is 4. The highest BCUT2D eigenvalue weighted by molar-refractivity contribution is 5.71. The number of fused-ring (bicyclic) bond motifs is 2. The minimum atomic E-state index is -0.378. The molecule has 2 heterocycles. The van der Waals surface area contributed by atoms with Gasteiger partial charge in [0.25, 0.3) is 0 Å². The Morgan fingerprint density at radius 2 is 2.21 bits per heavy atom. The lowest BCUT2D eigenvalue weighted by Crippen LogP contribution is -2.35. The average molecular weight is 331 g/mol. The van der Waals surface area contributed by atoms with Crippen molar-refractivity contribution in [1.82, 2.24) is 9.97 Å². The van der Waals surface area contributed by atoms with Crippen LogP contribution < -0.4 is 10.2 Å². The summed E-state index contributed by atoms with van der Waals surface area (Å²) < 4.78 is 0. The van der Waals surface area contributed by atoms with Crippen molar-refractivity contribution >= 4 is 17.3 Å². The van der Waals surface area contributed by atoms with Crippen molar-refractivity contribution in [3.8, 4) is 0 Å². The summed E-state index contributed by atoms with van der Waals surface area (Å²) in [5.74, 6) is 0.698. The maximum Gasteiger partial charge on any atom is 0.353 e. The fourth-order valence-electron chi connectivity index (χ4n) is 4.75. The van der Waals surface area contributed by atoms with Crippen molar-refractivity contribution in [3.05, 3.63) is 29.1 Å². The topological polar surface area (TPSA) is 84.2 Å². The van der Waals surface area contributed by atoms with Gasteiger partial charge in [-0.15, -0.1) is 6.58 Å². The number of hydrogen-bond acceptors (Lipinski definition) is 6. The van der Waals surface area contributed by atoms with Gasteiger partial charge in [-0.05, 0) is 30.1 Å². The number of anilines is 2. The normalized spacial score (nSPS) is 27.8. The monoisotopic (exact) mass is 331 g/mol. The van der Waals surface area contributed by atoms with Crippen LogP contribution in [0.15, 0.2) is 19.0 Å². The predicted octanol–water partition coefficient (Wildman–Crippen LogP) is 3.39. The molecule has 0 radical (unpaired) electrons. The molecule has 130 valence electrons. The Bertz CT molecular complexity index is 675. The molecule has 1 N–H and O–H groups in total. The molecule has 1 aliphatic heterocycles. The zero-order valence-electron chi connectivity index (χ0n) is 14.6. The van der Waals surface area contributed by atoms with Crippen molar-refractivity contribution in [2.45, 2.75) is 46.1 Å². The minimum Gasteiger partial charge on any atom is -0.361 e. The van der Waals surface area contributed by atoms with Gasteiger partial charge in [0.05, 0.1) is 4.92 Å². The maximum absolute atomic E-state index is 11.7. The van der Waals surface area contributed by atoms with Crippen molar-refractivity contribution in [3.63, 3.8) is 0 Å². The number of aromatic nitrogens is 2. The highest BCUT2D eigenvalue weighted by Crippen LogP contribution is 2.54. The summed E-state index contributed by atoms with van der Waals surface area (Å²) in [6.45, 7) is 11.7. The summed E-state index contributed by atoms with van der Waals surface area (Å²) >= 11 is 0. The van der Waals surface area contributed by atoms with E-state index in [1.807, 2.05) is 0 Å². The first-order valence-electron chi connectivity index (χ1n) is 8.35. The van der Waals surface area contributed by atoms with Crippen molar-refractivity contribution < 1.29 is 4.92 Å². The van der Waals surface area contributed by atoms with Crippen LogP contribution >= 0.6 is 0 Å². The van der Waals surface area contributed by atoms with Crippen LogP contribution in [0, 0.1) is 20.9 Å². The Hall–Kier alpha value is -2.18. The highest BCUT2D eigenvalue weighted by Gasteiger charge is 2.51. The molecule has 24 heavy (non-hydrogen) atoms. The van der Waals surface area contributed by atoms with Gasteiger partial charge < -0.3 is 10.2 Å². The van der Waals surface area contributed by atoms with Gasteiger partial charge >= 0.3 is 5.69 Å². The average Bonchev–Trinajstić information content (AvgIpc) is 2.73. The van der Waals surface area contributed by atoms with Crippen LogP contribution in [0.4, 0.5) is 17.3 Å². The number of hydrogen-bond donors (Lipinski definition) is 1. The van der Waals surface area contributed by atoms with Crippen LogP contribution in [0.25, 0.3) is 0 Å². The molecule has 2 fully saturated rings. The zero-order chi connectivity index (χ0) is 17.5. The molecular formula is C17H25N5O2. The molecular weight excluding hydrogens is 306 g/mol. The molecule has 2 aliphatic rings. The number of rotatable bonds is 5. The standard InChI is InChI=1S/C17H25N5O2/c1-5-6-18-14-13(22(23)24)15(20-11-19-14)21-10-17(4)8-12(21)7-16(2,3)9-17/h5,11-12H,1,6-10H2,2-4H3,(H,18,19,20). The first kappa shape index (κ1) is 16.7.